The van der Waals surface area contributed by atoms with Crippen LogP contribution in [-0.2, 0) is 21.6 Å². The SMILES string of the molecule is CCCN(CCC)[C@H](C)C(=O)N1CCC2(COCc3cnc(N(C)C)nc32)C1. The lowest BCUT2D eigenvalue weighted by molar-refractivity contribution is -0.135. The highest BCUT2D eigenvalue weighted by molar-refractivity contribution is 5.82. The molecule has 0 radical (unpaired) electrons. The Morgan fingerprint density at radius 3 is 2.68 bits per heavy atom. The van der Waals surface area contributed by atoms with Gasteiger partial charge in [-0.2, -0.15) is 0 Å². The predicted molar refractivity (Wildman–Crippen MR) is 111 cm³/mol. The Kier molecular flexibility index (Phi) is 6.55. The topological polar surface area (TPSA) is 61.8 Å². The molecule has 3 heterocycles. The third-order valence-electron chi connectivity index (χ3n) is 5.98. The fraction of sp³-hybridized carbons (Fsp3) is 0.762. The molecule has 1 fully saturated rings. The molecule has 1 unspecified atom stereocenters. The van der Waals surface area contributed by atoms with Gasteiger partial charge in [-0.15, -0.1) is 0 Å². The lowest BCUT2D eigenvalue weighted by Gasteiger charge is -2.35. The van der Waals surface area contributed by atoms with Crippen LogP contribution in [0.15, 0.2) is 6.20 Å². The molecule has 2 aliphatic heterocycles. The van der Waals surface area contributed by atoms with Crippen LogP contribution in [0.3, 0.4) is 0 Å². The number of rotatable bonds is 7. The molecule has 28 heavy (non-hydrogen) atoms. The molecule has 1 aromatic heterocycles. The van der Waals surface area contributed by atoms with Gasteiger partial charge in [0, 0.05) is 38.9 Å². The summed E-state index contributed by atoms with van der Waals surface area (Å²) in [6, 6.07) is -0.0817. The van der Waals surface area contributed by atoms with Crippen molar-refractivity contribution < 1.29 is 9.53 Å². The molecular weight excluding hydrogens is 354 g/mol. The van der Waals surface area contributed by atoms with Crippen molar-refractivity contribution in [3.63, 3.8) is 0 Å². The zero-order valence-corrected chi connectivity index (χ0v) is 18.1. The van der Waals surface area contributed by atoms with Gasteiger partial charge in [-0.1, -0.05) is 13.8 Å². The van der Waals surface area contributed by atoms with E-state index in [9.17, 15) is 4.79 Å². The first-order valence-corrected chi connectivity index (χ1v) is 10.6. The highest BCUT2D eigenvalue weighted by Crippen LogP contribution is 2.39. The van der Waals surface area contributed by atoms with Gasteiger partial charge in [0.2, 0.25) is 11.9 Å². The van der Waals surface area contributed by atoms with Crippen molar-refractivity contribution in [2.24, 2.45) is 0 Å². The van der Waals surface area contributed by atoms with Crippen molar-refractivity contribution in [2.45, 2.75) is 58.1 Å². The Bertz CT molecular complexity index is 689. The molecule has 3 rings (SSSR count). The van der Waals surface area contributed by atoms with Gasteiger partial charge in [-0.05, 0) is 39.3 Å². The van der Waals surface area contributed by atoms with Gasteiger partial charge in [0.1, 0.15) is 0 Å². The van der Waals surface area contributed by atoms with E-state index in [0.717, 1.165) is 56.1 Å². The maximum absolute atomic E-state index is 13.3. The Hall–Kier alpha value is -1.73. The molecule has 7 heteroatoms. The highest BCUT2D eigenvalue weighted by atomic mass is 16.5. The second-order valence-corrected chi connectivity index (χ2v) is 8.43. The number of hydrogen-bond acceptors (Lipinski definition) is 6. The van der Waals surface area contributed by atoms with Crippen LogP contribution >= 0.6 is 0 Å². The summed E-state index contributed by atoms with van der Waals surface area (Å²) >= 11 is 0. The smallest absolute Gasteiger partial charge is 0.239 e. The van der Waals surface area contributed by atoms with E-state index in [2.05, 4.69) is 30.7 Å². The number of hydrogen-bond donors (Lipinski definition) is 0. The average Bonchev–Trinajstić information content (AvgIpc) is 3.11. The minimum Gasteiger partial charge on any atom is -0.376 e. The number of carbonyl (C=O) groups is 1. The van der Waals surface area contributed by atoms with E-state index in [1.165, 1.54) is 0 Å². The van der Waals surface area contributed by atoms with Gasteiger partial charge in [0.25, 0.3) is 0 Å². The fourth-order valence-electron chi connectivity index (χ4n) is 4.47. The van der Waals surface area contributed by atoms with E-state index in [-0.39, 0.29) is 17.4 Å². The molecule has 1 saturated heterocycles. The number of likely N-dealkylation sites (tertiary alicyclic amines) is 1. The molecule has 2 aliphatic rings. The molecule has 2 atom stereocenters. The van der Waals surface area contributed by atoms with Gasteiger partial charge >= 0.3 is 0 Å². The maximum atomic E-state index is 13.3. The Balaban J connectivity index is 1.80. The monoisotopic (exact) mass is 389 g/mol. The minimum atomic E-state index is -0.211. The van der Waals surface area contributed by atoms with E-state index in [0.29, 0.717) is 19.8 Å². The highest BCUT2D eigenvalue weighted by Gasteiger charge is 2.47. The molecular formula is C21H35N5O2. The van der Waals surface area contributed by atoms with Crippen LogP contribution in [0.4, 0.5) is 5.95 Å². The second-order valence-electron chi connectivity index (χ2n) is 8.43. The Labute approximate surface area is 169 Å². The summed E-state index contributed by atoms with van der Waals surface area (Å²) in [6.45, 7) is 10.9. The van der Waals surface area contributed by atoms with Crippen molar-refractivity contribution in [1.82, 2.24) is 19.8 Å². The summed E-state index contributed by atoms with van der Waals surface area (Å²) in [5, 5.41) is 0. The van der Waals surface area contributed by atoms with Crippen LogP contribution in [0.2, 0.25) is 0 Å². The van der Waals surface area contributed by atoms with Crippen LogP contribution in [0, 0.1) is 0 Å². The standard InChI is InChI=1S/C21H35N5O2/c1-6-9-25(10-7-2)16(3)19(27)26-11-8-21(14-26)15-28-13-17-12-22-20(24(4)5)23-18(17)21/h12,16H,6-11,13-15H2,1-5H3/t16-,21?/m1/s1. The van der Waals surface area contributed by atoms with Crippen molar-refractivity contribution in [3.05, 3.63) is 17.5 Å². The third kappa shape index (κ3) is 4.01. The average molecular weight is 390 g/mol. The van der Waals surface area contributed by atoms with Crippen LogP contribution in [0.1, 0.15) is 51.3 Å². The Morgan fingerprint density at radius 2 is 2.04 bits per heavy atom. The summed E-state index contributed by atoms with van der Waals surface area (Å²) in [7, 11) is 3.91. The van der Waals surface area contributed by atoms with Crippen LogP contribution < -0.4 is 4.90 Å². The maximum Gasteiger partial charge on any atom is 0.239 e. The summed E-state index contributed by atoms with van der Waals surface area (Å²) in [4.78, 5) is 28.8. The fourth-order valence-corrected chi connectivity index (χ4v) is 4.47. The molecule has 1 aromatic rings. The summed E-state index contributed by atoms with van der Waals surface area (Å²) in [6.07, 6.45) is 4.90. The van der Waals surface area contributed by atoms with Crippen molar-refractivity contribution in [3.8, 4) is 0 Å². The molecule has 0 bridgehead atoms. The van der Waals surface area contributed by atoms with Crippen LogP contribution in [0.5, 0.6) is 0 Å². The number of carbonyl (C=O) groups excluding carboxylic acids is 1. The zero-order valence-electron chi connectivity index (χ0n) is 18.1. The molecule has 156 valence electrons. The number of amides is 1. The van der Waals surface area contributed by atoms with Crippen molar-refractivity contribution in [2.75, 3.05) is 51.8 Å². The Morgan fingerprint density at radius 1 is 1.32 bits per heavy atom. The predicted octanol–water partition coefficient (Wildman–Crippen LogP) is 2.05. The van der Waals surface area contributed by atoms with Gasteiger partial charge in [0.05, 0.1) is 30.4 Å². The first-order chi connectivity index (χ1) is 13.4. The van der Waals surface area contributed by atoms with Crippen LogP contribution in [0.25, 0.3) is 0 Å². The first kappa shape index (κ1) is 21.0. The van der Waals surface area contributed by atoms with E-state index in [4.69, 9.17) is 9.72 Å². The summed E-state index contributed by atoms with van der Waals surface area (Å²) in [5.41, 5.74) is 1.91. The van der Waals surface area contributed by atoms with E-state index < -0.39 is 0 Å². The quantitative estimate of drug-likeness (QED) is 0.711. The van der Waals surface area contributed by atoms with E-state index in [1.54, 1.807) is 0 Å². The van der Waals surface area contributed by atoms with Crippen LogP contribution in [-0.4, -0.2) is 78.6 Å². The van der Waals surface area contributed by atoms with Crippen molar-refractivity contribution in [1.29, 1.82) is 0 Å². The molecule has 7 nitrogen and oxygen atoms in total. The summed E-state index contributed by atoms with van der Waals surface area (Å²) < 4.78 is 5.91. The van der Waals surface area contributed by atoms with Gasteiger partial charge in [0.15, 0.2) is 0 Å². The molecule has 0 aliphatic carbocycles. The lowest BCUT2D eigenvalue weighted by Crippen LogP contribution is -2.49. The lowest BCUT2D eigenvalue weighted by atomic mass is 9.80. The second kappa shape index (κ2) is 8.74. The molecule has 0 N–H and O–H groups in total. The largest absolute Gasteiger partial charge is 0.376 e. The molecule has 1 spiro atoms. The molecule has 0 aromatic carbocycles. The van der Waals surface area contributed by atoms with Gasteiger partial charge < -0.3 is 14.5 Å². The van der Waals surface area contributed by atoms with Gasteiger partial charge in [-0.25, -0.2) is 9.97 Å². The molecule has 1 amide bonds. The third-order valence-corrected chi connectivity index (χ3v) is 5.98. The number of anilines is 1. The number of aromatic nitrogens is 2. The zero-order chi connectivity index (χ0) is 20.3. The van der Waals surface area contributed by atoms with E-state index >= 15 is 0 Å². The normalized spacial score (nSPS) is 22.6. The number of fused-ring (bicyclic) bond motifs is 2. The minimum absolute atomic E-state index is 0.0817. The number of nitrogens with zero attached hydrogens (tertiary/aromatic N) is 5. The first-order valence-electron chi connectivity index (χ1n) is 10.6. The van der Waals surface area contributed by atoms with Gasteiger partial charge in [-0.3, -0.25) is 9.69 Å². The van der Waals surface area contributed by atoms with E-state index in [1.807, 2.05) is 30.1 Å². The summed E-state index contributed by atoms with van der Waals surface area (Å²) in [5.74, 6) is 0.947. The number of ether oxygens (including phenoxy) is 1. The molecule has 0 saturated carbocycles. The van der Waals surface area contributed by atoms with Crippen molar-refractivity contribution >= 4 is 11.9 Å².